The van der Waals surface area contributed by atoms with Crippen molar-refractivity contribution in [3.8, 4) is 0 Å². The number of carbonyl (C=O) groups excluding carboxylic acids is 1. The average molecular weight is 241 g/mol. The smallest absolute Gasteiger partial charge is 0.327 e. The molecule has 0 aromatic carbocycles. The minimum absolute atomic E-state index is 0.107. The SMILES string of the molecule is CC(=O)NC(CNCc1ncc(C)o1)C(=O)O. The van der Waals surface area contributed by atoms with E-state index in [0.717, 1.165) is 0 Å². The van der Waals surface area contributed by atoms with Gasteiger partial charge in [0.15, 0.2) is 0 Å². The molecule has 94 valence electrons. The highest BCUT2D eigenvalue weighted by Gasteiger charge is 2.17. The normalized spacial score (nSPS) is 12.1. The predicted octanol–water partition coefficient (Wildman–Crippen LogP) is -0.338. The summed E-state index contributed by atoms with van der Waals surface area (Å²) in [5.74, 6) is -0.296. The van der Waals surface area contributed by atoms with Crippen LogP contribution in [0.2, 0.25) is 0 Å². The molecule has 7 heteroatoms. The third-order valence-electron chi connectivity index (χ3n) is 1.97. The number of carboxylic acid groups (broad SMARTS) is 1. The molecule has 0 aliphatic heterocycles. The lowest BCUT2D eigenvalue weighted by Gasteiger charge is -2.13. The van der Waals surface area contributed by atoms with Crippen LogP contribution in [0.1, 0.15) is 18.6 Å². The van der Waals surface area contributed by atoms with Crippen molar-refractivity contribution in [1.82, 2.24) is 15.6 Å². The van der Waals surface area contributed by atoms with Crippen LogP contribution >= 0.6 is 0 Å². The number of amides is 1. The van der Waals surface area contributed by atoms with E-state index in [0.29, 0.717) is 18.2 Å². The first-order valence-electron chi connectivity index (χ1n) is 5.11. The number of rotatable bonds is 6. The molecule has 0 bridgehead atoms. The highest BCUT2D eigenvalue weighted by atomic mass is 16.4. The molecule has 1 heterocycles. The van der Waals surface area contributed by atoms with Crippen LogP contribution in [0.4, 0.5) is 0 Å². The zero-order valence-corrected chi connectivity index (χ0v) is 9.69. The van der Waals surface area contributed by atoms with Gasteiger partial charge in [-0.25, -0.2) is 9.78 Å². The first kappa shape index (κ1) is 13.2. The van der Waals surface area contributed by atoms with Crippen molar-refractivity contribution >= 4 is 11.9 Å². The molecule has 0 aliphatic carbocycles. The third kappa shape index (κ3) is 4.64. The summed E-state index contributed by atoms with van der Waals surface area (Å²) in [6.07, 6.45) is 1.58. The zero-order valence-electron chi connectivity index (χ0n) is 9.69. The maximum atomic E-state index is 10.8. The van der Waals surface area contributed by atoms with Crippen LogP contribution in [0, 0.1) is 6.92 Å². The van der Waals surface area contributed by atoms with Crippen LogP contribution in [-0.4, -0.2) is 34.6 Å². The summed E-state index contributed by atoms with van der Waals surface area (Å²) in [6, 6.07) is -0.955. The van der Waals surface area contributed by atoms with E-state index in [-0.39, 0.29) is 12.5 Å². The van der Waals surface area contributed by atoms with Gasteiger partial charge in [-0.2, -0.15) is 0 Å². The van der Waals surface area contributed by atoms with E-state index >= 15 is 0 Å². The molecule has 0 saturated heterocycles. The van der Waals surface area contributed by atoms with Crippen LogP contribution < -0.4 is 10.6 Å². The molecule has 1 amide bonds. The Balaban J connectivity index is 2.37. The van der Waals surface area contributed by atoms with Crippen molar-refractivity contribution < 1.29 is 19.1 Å². The van der Waals surface area contributed by atoms with Gasteiger partial charge in [-0.3, -0.25) is 4.79 Å². The molecule has 0 saturated carbocycles. The zero-order chi connectivity index (χ0) is 12.8. The molecule has 7 nitrogen and oxygen atoms in total. The van der Waals surface area contributed by atoms with E-state index in [2.05, 4.69) is 15.6 Å². The molecule has 0 aliphatic rings. The van der Waals surface area contributed by atoms with E-state index in [9.17, 15) is 9.59 Å². The highest BCUT2D eigenvalue weighted by molar-refractivity contribution is 5.82. The van der Waals surface area contributed by atoms with E-state index in [1.807, 2.05) is 0 Å². The predicted molar refractivity (Wildman–Crippen MR) is 58.2 cm³/mol. The standard InChI is InChI=1S/C10H15N3O4/c1-6-3-12-9(17-6)5-11-4-8(10(15)16)13-7(2)14/h3,8,11H,4-5H2,1-2H3,(H,13,14)(H,15,16). The van der Waals surface area contributed by atoms with Crippen LogP contribution in [0.3, 0.4) is 0 Å². The van der Waals surface area contributed by atoms with Crippen LogP contribution in [0.5, 0.6) is 0 Å². The lowest BCUT2D eigenvalue weighted by Crippen LogP contribution is -2.46. The van der Waals surface area contributed by atoms with Crippen molar-refractivity contribution in [3.05, 3.63) is 17.8 Å². The van der Waals surface area contributed by atoms with Gasteiger partial charge < -0.3 is 20.2 Å². The molecule has 1 rings (SSSR count). The number of hydrogen-bond acceptors (Lipinski definition) is 5. The number of nitrogens with zero attached hydrogens (tertiary/aromatic N) is 1. The Hall–Kier alpha value is -1.89. The first-order chi connectivity index (χ1) is 7.99. The van der Waals surface area contributed by atoms with Gasteiger partial charge in [-0.1, -0.05) is 0 Å². The number of aromatic nitrogens is 1. The third-order valence-corrected chi connectivity index (χ3v) is 1.97. The van der Waals surface area contributed by atoms with E-state index in [1.165, 1.54) is 6.92 Å². The Morgan fingerprint density at radius 3 is 2.76 bits per heavy atom. The van der Waals surface area contributed by atoms with Gasteiger partial charge in [-0.05, 0) is 6.92 Å². The summed E-state index contributed by atoms with van der Waals surface area (Å²) < 4.78 is 5.20. The fourth-order valence-corrected chi connectivity index (χ4v) is 1.25. The topological polar surface area (TPSA) is 104 Å². The van der Waals surface area contributed by atoms with Gasteiger partial charge in [0.1, 0.15) is 11.8 Å². The number of oxazole rings is 1. The summed E-state index contributed by atoms with van der Waals surface area (Å²) in [5.41, 5.74) is 0. The Morgan fingerprint density at radius 1 is 1.59 bits per heavy atom. The maximum absolute atomic E-state index is 10.8. The van der Waals surface area contributed by atoms with E-state index in [4.69, 9.17) is 9.52 Å². The largest absolute Gasteiger partial charge is 0.480 e. The Kier molecular flexibility index (Phi) is 4.65. The summed E-state index contributed by atoms with van der Waals surface area (Å²) in [7, 11) is 0. The van der Waals surface area contributed by atoms with Gasteiger partial charge >= 0.3 is 5.97 Å². The monoisotopic (exact) mass is 241 g/mol. The molecule has 1 unspecified atom stereocenters. The van der Waals surface area contributed by atoms with E-state index < -0.39 is 12.0 Å². The number of carbonyl (C=O) groups is 2. The second-order valence-corrected chi connectivity index (χ2v) is 3.59. The molecule has 1 aromatic heterocycles. The molecule has 0 radical (unpaired) electrons. The van der Waals surface area contributed by atoms with E-state index in [1.54, 1.807) is 13.1 Å². The van der Waals surface area contributed by atoms with Gasteiger partial charge in [0.25, 0.3) is 0 Å². The van der Waals surface area contributed by atoms with Crippen LogP contribution in [0.15, 0.2) is 10.6 Å². The number of hydrogen-bond donors (Lipinski definition) is 3. The lowest BCUT2D eigenvalue weighted by molar-refractivity contribution is -0.141. The number of aryl methyl sites for hydroxylation is 1. The van der Waals surface area contributed by atoms with Crippen molar-refractivity contribution in [3.63, 3.8) is 0 Å². The quantitative estimate of drug-likeness (QED) is 0.629. The second-order valence-electron chi connectivity index (χ2n) is 3.59. The highest BCUT2D eigenvalue weighted by Crippen LogP contribution is 2.00. The molecule has 1 aromatic rings. The molecular weight excluding hydrogens is 226 g/mol. The second kappa shape index (κ2) is 6.00. The molecular formula is C10H15N3O4. The number of aliphatic carboxylic acids is 1. The Bertz CT molecular complexity index is 402. The van der Waals surface area contributed by atoms with Crippen molar-refractivity contribution in [2.75, 3.05) is 6.54 Å². The Labute approximate surface area is 98.2 Å². The van der Waals surface area contributed by atoms with Gasteiger partial charge in [0, 0.05) is 13.5 Å². The minimum Gasteiger partial charge on any atom is -0.480 e. The summed E-state index contributed by atoms with van der Waals surface area (Å²) in [5, 5.41) is 14.0. The van der Waals surface area contributed by atoms with Crippen molar-refractivity contribution in [2.24, 2.45) is 0 Å². The van der Waals surface area contributed by atoms with Gasteiger partial charge in [0.05, 0.1) is 12.7 Å². The van der Waals surface area contributed by atoms with Crippen LogP contribution in [0.25, 0.3) is 0 Å². The molecule has 0 spiro atoms. The lowest BCUT2D eigenvalue weighted by atomic mass is 10.3. The molecule has 0 fully saturated rings. The van der Waals surface area contributed by atoms with Crippen molar-refractivity contribution in [1.29, 1.82) is 0 Å². The fourth-order valence-electron chi connectivity index (χ4n) is 1.25. The summed E-state index contributed by atoms with van der Waals surface area (Å²) >= 11 is 0. The average Bonchev–Trinajstić information content (AvgIpc) is 2.62. The fraction of sp³-hybridized carbons (Fsp3) is 0.500. The Morgan fingerprint density at radius 2 is 2.29 bits per heavy atom. The van der Waals surface area contributed by atoms with Gasteiger partial charge in [-0.15, -0.1) is 0 Å². The minimum atomic E-state index is -1.09. The van der Waals surface area contributed by atoms with Gasteiger partial charge in [0.2, 0.25) is 11.8 Å². The number of nitrogens with one attached hydrogen (secondary N) is 2. The first-order valence-corrected chi connectivity index (χ1v) is 5.11. The molecule has 17 heavy (non-hydrogen) atoms. The summed E-state index contributed by atoms with van der Waals surface area (Å²) in [6.45, 7) is 3.47. The van der Waals surface area contributed by atoms with Crippen LogP contribution in [-0.2, 0) is 16.1 Å². The summed E-state index contributed by atoms with van der Waals surface area (Å²) in [4.78, 5) is 25.5. The number of carboxylic acids is 1. The molecule has 3 N–H and O–H groups in total. The van der Waals surface area contributed by atoms with Crippen molar-refractivity contribution in [2.45, 2.75) is 26.4 Å². The maximum Gasteiger partial charge on any atom is 0.327 e. The molecule has 1 atom stereocenters.